The van der Waals surface area contributed by atoms with Crippen molar-refractivity contribution in [2.45, 2.75) is 68.4 Å². The Bertz CT molecular complexity index is 1250. The summed E-state index contributed by atoms with van der Waals surface area (Å²) in [6.45, 7) is -0.489. The maximum atomic E-state index is 14.5. The zero-order valence-electron chi connectivity index (χ0n) is 19.8. The third-order valence-electron chi connectivity index (χ3n) is 7.07. The molecule has 1 aromatic carbocycles. The Morgan fingerprint density at radius 2 is 1.89 bits per heavy atom. The molecule has 1 saturated carbocycles. The Morgan fingerprint density at radius 3 is 2.59 bits per heavy atom. The van der Waals surface area contributed by atoms with Gasteiger partial charge in [-0.25, -0.2) is 22.5 Å². The van der Waals surface area contributed by atoms with Gasteiger partial charge in [0.25, 0.3) is 0 Å². The Labute approximate surface area is 218 Å². The number of ether oxygens (including phenoxy) is 2. The molecule has 10 nitrogen and oxygen atoms in total. The summed E-state index contributed by atoms with van der Waals surface area (Å²) >= 11 is 2.94. The van der Waals surface area contributed by atoms with Crippen LogP contribution in [0.5, 0.6) is 0 Å². The van der Waals surface area contributed by atoms with E-state index >= 15 is 0 Å². The van der Waals surface area contributed by atoms with Gasteiger partial charge < -0.3 is 19.7 Å². The predicted molar refractivity (Wildman–Crippen MR) is 126 cm³/mol. The van der Waals surface area contributed by atoms with Crippen molar-refractivity contribution in [3.05, 3.63) is 46.3 Å². The SMILES string of the molecule is CO[C@@H]1[C@@H](n2cc(-c3ccc(Br)c(F)c3F)nn2)[C@@H](O)[C@@H](CO)O[C@@H]1Cc1cn([C@@H]2CCC[C@H]2F)nn1. The lowest BCUT2D eigenvalue weighted by atomic mass is 9.90. The van der Waals surface area contributed by atoms with E-state index in [2.05, 4.69) is 36.6 Å². The minimum atomic E-state index is -1.26. The zero-order valence-corrected chi connectivity index (χ0v) is 21.4. The van der Waals surface area contributed by atoms with E-state index in [9.17, 15) is 23.4 Å². The number of halogens is 4. The van der Waals surface area contributed by atoms with Crippen LogP contribution in [0.3, 0.4) is 0 Å². The summed E-state index contributed by atoms with van der Waals surface area (Å²) in [5, 5.41) is 37.1. The monoisotopic (exact) mass is 586 g/mol. The minimum Gasteiger partial charge on any atom is -0.394 e. The molecule has 2 N–H and O–H groups in total. The molecule has 2 aliphatic rings. The predicted octanol–water partition coefficient (Wildman–Crippen LogP) is 2.56. The highest BCUT2D eigenvalue weighted by Crippen LogP contribution is 2.35. The van der Waals surface area contributed by atoms with Gasteiger partial charge in [-0.15, -0.1) is 10.2 Å². The number of aromatic nitrogens is 6. The summed E-state index contributed by atoms with van der Waals surface area (Å²) in [7, 11) is 1.44. The summed E-state index contributed by atoms with van der Waals surface area (Å²) < 4.78 is 57.2. The second-order valence-corrected chi connectivity index (χ2v) is 10.1. The molecule has 3 heterocycles. The molecule has 1 aliphatic heterocycles. The Balaban J connectivity index is 1.42. The number of hydrogen-bond acceptors (Lipinski definition) is 8. The molecular formula is C23H26BrF3N6O4. The molecular weight excluding hydrogens is 561 g/mol. The second-order valence-electron chi connectivity index (χ2n) is 9.29. The van der Waals surface area contributed by atoms with Crippen LogP contribution < -0.4 is 0 Å². The lowest BCUT2D eigenvalue weighted by Gasteiger charge is -2.43. The van der Waals surface area contributed by atoms with E-state index in [0.29, 0.717) is 18.5 Å². The van der Waals surface area contributed by atoms with Crippen molar-refractivity contribution in [2.24, 2.45) is 0 Å². The minimum absolute atomic E-state index is 0.0269. The fourth-order valence-electron chi connectivity index (χ4n) is 5.17. The van der Waals surface area contributed by atoms with E-state index in [1.54, 1.807) is 6.20 Å². The Morgan fingerprint density at radius 1 is 1.11 bits per heavy atom. The maximum Gasteiger partial charge on any atom is 0.173 e. The van der Waals surface area contributed by atoms with Crippen molar-refractivity contribution >= 4 is 15.9 Å². The second kappa shape index (κ2) is 10.8. The summed E-state index contributed by atoms with van der Waals surface area (Å²) in [6, 6.07) is 1.48. The van der Waals surface area contributed by atoms with Crippen LogP contribution in [0, 0.1) is 11.6 Å². The Hall–Kier alpha value is -2.39. The maximum absolute atomic E-state index is 14.5. The molecule has 37 heavy (non-hydrogen) atoms. The fraction of sp³-hybridized carbons (Fsp3) is 0.565. The van der Waals surface area contributed by atoms with Crippen molar-refractivity contribution < 1.29 is 32.9 Å². The van der Waals surface area contributed by atoms with Gasteiger partial charge in [0.2, 0.25) is 0 Å². The van der Waals surface area contributed by atoms with E-state index in [1.807, 2.05) is 0 Å². The van der Waals surface area contributed by atoms with E-state index in [1.165, 1.54) is 34.8 Å². The molecule has 0 bridgehead atoms. The molecule has 2 aromatic heterocycles. The van der Waals surface area contributed by atoms with Crippen LogP contribution in [0.2, 0.25) is 0 Å². The number of methoxy groups -OCH3 is 1. The van der Waals surface area contributed by atoms with Crippen molar-refractivity contribution in [1.29, 1.82) is 0 Å². The molecule has 0 amide bonds. The largest absolute Gasteiger partial charge is 0.394 e. The number of benzene rings is 1. The van der Waals surface area contributed by atoms with Gasteiger partial charge in [0.1, 0.15) is 36.2 Å². The molecule has 3 aromatic rings. The van der Waals surface area contributed by atoms with Crippen LogP contribution in [-0.2, 0) is 15.9 Å². The average molecular weight is 587 g/mol. The molecule has 7 atom stereocenters. The molecule has 0 unspecified atom stereocenters. The van der Waals surface area contributed by atoms with Gasteiger partial charge in [-0.1, -0.05) is 10.4 Å². The normalized spacial score (nSPS) is 30.2. The van der Waals surface area contributed by atoms with Crippen molar-refractivity contribution in [2.75, 3.05) is 13.7 Å². The van der Waals surface area contributed by atoms with E-state index in [-0.39, 0.29) is 28.2 Å². The molecule has 0 radical (unpaired) electrons. The van der Waals surface area contributed by atoms with E-state index in [4.69, 9.17) is 9.47 Å². The number of rotatable bonds is 7. The summed E-state index contributed by atoms with van der Waals surface area (Å²) in [5.74, 6) is -2.15. The van der Waals surface area contributed by atoms with Gasteiger partial charge in [-0.2, -0.15) is 0 Å². The van der Waals surface area contributed by atoms with Crippen LogP contribution in [-0.4, -0.2) is 84.5 Å². The first kappa shape index (κ1) is 26.2. The molecule has 1 saturated heterocycles. The molecule has 0 spiro atoms. The average Bonchev–Trinajstić information content (AvgIpc) is 3.64. The van der Waals surface area contributed by atoms with Crippen LogP contribution in [0.25, 0.3) is 11.3 Å². The van der Waals surface area contributed by atoms with E-state index in [0.717, 1.165) is 6.42 Å². The Kier molecular flexibility index (Phi) is 7.63. The summed E-state index contributed by atoms with van der Waals surface area (Å²) in [4.78, 5) is 0. The highest BCUT2D eigenvalue weighted by Gasteiger charge is 2.47. The zero-order chi connectivity index (χ0) is 26.3. The quantitative estimate of drug-likeness (QED) is 0.405. The van der Waals surface area contributed by atoms with Crippen molar-refractivity contribution in [3.8, 4) is 11.3 Å². The molecule has 5 rings (SSSR count). The molecule has 2 fully saturated rings. The van der Waals surface area contributed by atoms with Crippen molar-refractivity contribution in [3.63, 3.8) is 0 Å². The van der Waals surface area contributed by atoms with Crippen LogP contribution in [0.1, 0.15) is 37.0 Å². The van der Waals surface area contributed by atoms with Gasteiger partial charge in [-0.3, -0.25) is 0 Å². The van der Waals surface area contributed by atoms with Crippen LogP contribution in [0.4, 0.5) is 13.2 Å². The first-order valence-electron chi connectivity index (χ1n) is 11.9. The first-order chi connectivity index (χ1) is 17.8. The smallest absolute Gasteiger partial charge is 0.173 e. The standard InChI is InChI=1S/C23H26BrF3N6O4/c1-36-23-17(7-11-8-32(30-28-11)16-4-2-3-14(16)25)37-18(10-34)22(35)21(23)33-9-15(29-31-33)12-5-6-13(24)20(27)19(12)26/h5-6,8-9,14,16-18,21-23,34-35H,2-4,7,10H2,1H3/t14-,16-,17-,18-,21+,22+,23+/m1/s1. The lowest BCUT2D eigenvalue weighted by Crippen LogP contribution is -2.57. The van der Waals surface area contributed by atoms with Gasteiger partial charge >= 0.3 is 0 Å². The van der Waals surface area contributed by atoms with Crippen LogP contribution >= 0.6 is 15.9 Å². The van der Waals surface area contributed by atoms with Crippen molar-refractivity contribution in [1.82, 2.24) is 30.0 Å². The van der Waals surface area contributed by atoms with Crippen LogP contribution in [0.15, 0.2) is 29.0 Å². The highest BCUT2D eigenvalue weighted by atomic mass is 79.9. The third kappa shape index (κ3) is 4.92. The lowest BCUT2D eigenvalue weighted by molar-refractivity contribution is -0.212. The number of hydrogen-bond donors (Lipinski definition) is 2. The fourth-order valence-corrected chi connectivity index (χ4v) is 5.47. The molecule has 14 heteroatoms. The first-order valence-corrected chi connectivity index (χ1v) is 12.7. The van der Waals surface area contributed by atoms with Gasteiger partial charge in [-0.05, 0) is 47.3 Å². The number of aliphatic hydroxyl groups excluding tert-OH is 2. The third-order valence-corrected chi connectivity index (χ3v) is 7.68. The van der Waals surface area contributed by atoms with Gasteiger partial charge in [0.15, 0.2) is 11.6 Å². The van der Waals surface area contributed by atoms with E-state index < -0.39 is 54.9 Å². The topological polar surface area (TPSA) is 120 Å². The van der Waals surface area contributed by atoms with Gasteiger partial charge in [0, 0.05) is 25.3 Å². The number of alkyl halides is 1. The summed E-state index contributed by atoms with van der Waals surface area (Å²) in [5.41, 5.74) is 0.479. The molecule has 200 valence electrons. The van der Waals surface area contributed by atoms with Gasteiger partial charge in [0.05, 0.1) is 35.1 Å². The molecule has 1 aliphatic carbocycles. The summed E-state index contributed by atoms with van der Waals surface area (Å²) in [6.07, 6.45) is 0.508. The number of aliphatic hydroxyl groups is 2. The number of nitrogens with zero attached hydrogens (tertiary/aromatic N) is 6. The highest BCUT2D eigenvalue weighted by molar-refractivity contribution is 9.10.